The topological polar surface area (TPSA) is 84.5 Å². The van der Waals surface area contributed by atoms with Gasteiger partial charge in [0, 0.05) is 16.5 Å². The van der Waals surface area contributed by atoms with Crippen LogP contribution in [0.4, 0.5) is 10.1 Å². The molecule has 0 aliphatic carbocycles. The maximum atomic E-state index is 13.2. The fourth-order valence-corrected chi connectivity index (χ4v) is 3.96. The van der Waals surface area contributed by atoms with E-state index >= 15 is 0 Å². The Bertz CT molecular complexity index is 1120. The van der Waals surface area contributed by atoms with Crippen LogP contribution >= 0.6 is 0 Å². The molecule has 8 heteroatoms. The Morgan fingerprint density at radius 3 is 2.50 bits per heavy atom. The smallest absolute Gasteiger partial charge is 0.241 e. The van der Waals surface area contributed by atoms with Gasteiger partial charge in [0.15, 0.2) is 0 Å². The summed E-state index contributed by atoms with van der Waals surface area (Å²) in [6, 6.07) is 15.4. The Hall–Kier alpha value is -2.97. The number of hydrogen-bond acceptors (Lipinski definition) is 4. The molecule has 3 aromatic rings. The number of nitrogens with one attached hydrogen (secondary N) is 2. The van der Waals surface area contributed by atoms with Gasteiger partial charge < -0.3 is 10.1 Å². The molecule has 1 amide bonds. The third-order valence-corrected chi connectivity index (χ3v) is 5.42. The summed E-state index contributed by atoms with van der Waals surface area (Å²) in [5.74, 6) is -0.524. The highest BCUT2D eigenvalue weighted by molar-refractivity contribution is 7.89. The number of anilines is 1. The monoisotopic (exact) mass is 402 g/mol. The summed E-state index contributed by atoms with van der Waals surface area (Å²) in [5, 5.41) is 3.60. The zero-order valence-electron chi connectivity index (χ0n) is 15.1. The molecule has 146 valence electrons. The second-order valence-electron chi connectivity index (χ2n) is 5.92. The number of halogens is 1. The third-order valence-electron chi connectivity index (χ3n) is 3.96. The van der Waals surface area contributed by atoms with Crippen LogP contribution in [0.5, 0.6) is 5.75 Å². The minimum absolute atomic E-state index is 0.0464. The molecule has 2 N–H and O–H groups in total. The van der Waals surface area contributed by atoms with Crippen molar-refractivity contribution in [1.29, 1.82) is 0 Å². The average molecular weight is 402 g/mol. The molecule has 28 heavy (non-hydrogen) atoms. The van der Waals surface area contributed by atoms with Gasteiger partial charge in [-0.2, -0.15) is 0 Å². The van der Waals surface area contributed by atoms with Crippen molar-refractivity contribution in [2.24, 2.45) is 0 Å². The van der Waals surface area contributed by atoms with Crippen molar-refractivity contribution >= 4 is 32.4 Å². The molecule has 3 rings (SSSR count). The van der Waals surface area contributed by atoms with Crippen LogP contribution in [0, 0.1) is 5.82 Å². The van der Waals surface area contributed by atoms with E-state index in [1.165, 1.54) is 24.3 Å². The lowest BCUT2D eigenvalue weighted by Gasteiger charge is -2.13. The second kappa shape index (κ2) is 8.37. The van der Waals surface area contributed by atoms with E-state index in [9.17, 15) is 17.6 Å². The van der Waals surface area contributed by atoms with Gasteiger partial charge in [-0.1, -0.05) is 30.3 Å². The van der Waals surface area contributed by atoms with E-state index in [0.717, 1.165) is 6.07 Å². The maximum Gasteiger partial charge on any atom is 0.241 e. The molecule has 0 saturated heterocycles. The normalized spacial score (nSPS) is 11.4. The van der Waals surface area contributed by atoms with E-state index in [1.807, 2.05) is 6.92 Å². The summed E-state index contributed by atoms with van der Waals surface area (Å²) in [5.41, 5.74) is 0.246. The molecule has 0 unspecified atom stereocenters. The fourth-order valence-electron chi connectivity index (χ4n) is 2.77. The summed E-state index contributed by atoms with van der Waals surface area (Å²) < 4.78 is 46.5. The third kappa shape index (κ3) is 4.47. The number of sulfonamides is 1. The zero-order chi connectivity index (χ0) is 20.1. The van der Waals surface area contributed by atoms with Crippen molar-refractivity contribution in [3.8, 4) is 5.75 Å². The standard InChI is InChI=1S/C20H19FN2O4S/c1-2-27-18-10-11-19(17-9-4-3-8-16(17)18)28(25,26)22-13-20(24)23-15-7-5-6-14(21)12-15/h3-12,22H,2,13H2,1H3,(H,23,24). The van der Waals surface area contributed by atoms with E-state index in [2.05, 4.69) is 10.0 Å². The largest absolute Gasteiger partial charge is 0.493 e. The molecule has 3 aromatic carbocycles. The van der Waals surface area contributed by atoms with E-state index in [1.54, 1.807) is 30.3 Å². The molecule has 0 aromatic heterocycles. The summed E-state index contributed by atoms with van der Waals surface area (Å²) in [7, 11) is -3.95. The van der Waals surface area contributed by atoms with Crippen LogP contribution in [0.2, 0.25) is 0 Å². The highest BCUT2D eigenvalue weighted by atomic mass is 32.2. The van der Waals surface area contributed by atoms with Crippen molar-refractivity contribution in [1.82, 2.24) is 4.72 Å². The van der Waals surface area contributed by atoms with Crippen LogP contribution < -0.4 is 14.8 Å². The fraction of sp³-hybridized carbons (Fsp3) is 0.150. The Labute approximate surface area is 162 Å². The highest BCUT2D eigenvalue weighted by Crippen LogP contribution is 2.31. The number of hydrogen-bond donors (Lipinski definition) is 2. The van der Waals surface area contributed by atoms with Crippen LogP contribution in [0.25, 0.3) is 10.8 Å². The number of amides is 1. The minimum atomic E-state index is -3.95. The molecule has 0 atom stereocenters. The summed E-state index contributed by atoms with van der Waals surface area (Å²) in [4.78, 5) is 12.1. The Kier molecular flexibility index (Phi) is 5.91. The Morgan fingerprint density at radius 2 is 1.79 bits per heavy atom. The molecular weight excluding hydrogens is 383 g/mol. The number of fused-ring (bicyclic) bond motifs is 1. The van der Waals surface area contributed by atoms with Gasteiger partial charge in [-0.05, 0) is 37.3 Å². The Balaban J connectivity index is 1.79. The Morgan fingerprint density at radius 1 is 1.04 bits per heavy atom. The molecule has 0 aliphatic heterocycles. The molecule has 0 fully saturated rings. The van der Waals surface area contributed by atoms with Gasteiger partial charge in [0.1, 0.15) is 11.6 Å². The van der Waals surface area contributed by atoms with Gasteiger partial charge in [0.25, 0.3) is 0 Å². The first-order valence-electron chi connectivity index (χ1n) is 8.60. The van der Waals surface area contributed by atoms with Crippen molar-refractivity contribution < 1.29 is 22.3 Å². The van der Waals surface area contributed by atoms with Gasteiger partial charge in [-0.15, -0.1) is 0 Å². The van der Waals surface area contributed by atoms with Gasteiger partial charge in [-0.25, -0.2) is 17.5 Å². The van der Waals surface area contributed by atoms with E-state index in [-0.39, 0.29) is 10.6 Å². The lowest BCUT2D eigenvalue weighted by atomic mass is 10.1. The first-order chi connectivity index (χ1) is 13.4. The first kappa shape index (κ1) is 19.8. The van der Waals surface area contributed by atoms with Gasteiger partial charge >= 0.3 is 0 Å². The molecule has 0 heterocycles. The zero-order valence-corrected chi connectivity index (χ0v) is 15.9. The van der Waals surface area contributed by atoms with Crippen molar-refractivity contribution in [3.05, 3.63) is 66.5 Å². The van der Waals surface area contributed by atoms with Crippen LogP contribution in [-0.4, -0.2) is 27.5 Å². The van der Waals surface area contributed by atoms with E-state index < -0.39 is 28.3 Å². The molecule has 0 bridgehead atoms. The van der Waals surface area contributed by atoms with Gasteiger partial charge in [0.2, 0.25) is 15.9 Å². The van der Waals surface area contributed by atoms with Crippen molar-refractivity contribution in [2.45, 2.75) is 11.8 Å². The minimum Gasteiger partial charge on any atom is -0.493 e. The molecule has 6 nitrogen and oxygen atoms in total. The van der Waals surface area contributed by atoms with E-state index in [4.69, 9.17) is 4.74 Å². The summed E-state index contributed by atoms with van der Waals surface area (Å²) in [6.45, 7) is 1.81. The van der Waals surface area contributed by atoms with Crippen LogP contribution in [0.3, 0.4) is 0 Å². The lowest BCUT2D eigenvalue weighted by Crippen LogP contribution is -2.33. The second-order valence-corrected chi connectivity index (χ2v) is 7.66. The van der Waals surface area contributed by atoms with Crippen LogP contribution in [-0.2, 0) is 14.8 Å². The predicted octanol–water partition coefficient (Wildman–Crippen LogP) is 3.29. The molecule has 0 spiro atoms. The first-order valence-corrected chi connectivity index (χ1v) is 10.1. The molecule has 0 radical (unpaired) electrons. The molecule has 0 aliphatic rings. The predicted molar refractivity (Wildman–Crippen MR) is 105 cm³/mol. The lowest BCUT2D eigenvalue weighted by molar-refractivity contribution is -0.115. The summed E-state index contributed by atoms with van der Waals surface area (Å²) in [6.07, 6.45) is 0. The van der Waals surface area contributed by atoms with Crippen LogP contribution in [0.1, 0.15) is 6.92 Å². The van der Waals surface area contributed by atoms with Gasteiger partial charge in [-0.3, -0.25) is 4.79 Å². The average Bonchev–Trinajstić information content (AvgIpc) is 2.67. The number of carbonyl (C=O) groups is 1. The number of benzene rings is 3. The quantitative estimate of drug-likeness (QED) is 0.635. The van der Waals surface area contributed by atoms with E-state index in [0.29, 0.717) is 23.1 Å². The van der Waals surface area contributed by atoms with Crippen LogP contribution in [0.15, 0.2) is 65.6 Å². The SMILES string of the molecule is CCOc1ccc(S(=O)(=O)NCC(=O)Nc2cccc(F)c2)c2ccccc12. The molecule has 0 saturated carbocycles. The summed E-state index contributed by atoms with van der Waals surface area (Å²) >= 11 is 0. The number of ether oxygens (including phenoxy) is 1. The maximum absolute atomic E-state index is 13.2. The van der Waals surface area contributed by atoms with Crippen molar-refractivity contribution in [2.75, 3.05) is 18.5 Å². The highest BCUT2D eigenvalue weighted by Gasteiger charge is 2.20. The van der Waals surface area contributed by atoms with Crippen molar-refractivity contribution in [3.63, 3.8) is 0 Å². The number of rotatable bonds is 7. The molecular formula is C20H19FN2O4S. The number of carbonyl (C=O) groups excluding carboxylic acids is 1. The van der Waals surface area contributed by atoms with Gasteiger partial charge in [0.05, 0.1) is 18.0 Å².